The molecule has 0 unspecified atom stereocenters. The van der Waals surface area contributed by atoms with E-state index < -0.39 is 5.97 Å². The van der Waals surface area contributed by atoms with E-state index in [-0.39, 0.29) is 19.1 Å². The molecule has 0 fully saturated rings. The van der Waals surface area contributed by atoms with Crippen LogP contribution in [0.5, 0.6) is 0 Å². The molecule has 2 heterocycles. The lowest BCUT2D eigenvalue weighted by Gasteiger charge is -2.01. The molecule has 0 aliphatic carbocycles. The summed E-state index contributed by atoms with van der Waals surface area (Å²) in [6.07, 6.45) is 1.67. The van der Waals surface area contributed by atoms with Gasteiger partial charge >= 0.3 is 5.97 Å². The zero-order valence-corrected chi connectivity index (χ0v) is 16.2. The molecule has 0 saturated carbocycles. The Labute approximate surface area is 164 Å². The molecule has 2 aromatic heterocycles. The minimum Gasteiger partial charge on any atom is -0.462 e. The van der Waals surface area contributed by atoms with Gasteiger partial charge in [-0.05, 0) is 26.0 Å². The van der Waals surface area contributed by atoms with Gasteiger partial charge in [0.1, 0.15) is 17.1 Å². The van der Waals surface area contributed by atoms with Crippen molar-refractivity contribution in [3.63, 3.8) is 0 Å². The van der Waals surface area contributed by atoms with Crippen molar-refractivity contribution in [1.82, 2.24) is 20.0 Å². The van der Waals surface area contributed by atoms with E-state index in [9.17, 15) is 9.59 Å². The molecule has 1 N–H and O–H groups in total. The number of aromatic nitrogens is 4. The average molecular weight is 406 g/mol. The first-order valence-corrected chi connectivity index (χ1v) is 9.26. The summed E-state index contributed by atoms with van der Waals surface area (Å²) < 4.78 is 6.39. The molecule has 1 aromatic carbocycles. The van der Waals surface area contributed by atoms with Gasteiger partial charge in [0.15, 0.2) is 5.13 Å². The summed E-state index contributed by atoms with van der Waals surface area (Å²) in [4.78, 5) is 28.6. The number of hydrogen-bond donors (Lipinski definition) is 1. The topological polar surface area (TPSA) is 99.0 Å². The van der Waals surface area contributed by atoms with Crippen LogP contribution in [0.2, 0.25) is 5.02 Å². The lowest BCUT2D eigenvalue weighted by Crippen LogP contribution is -2.19. The summed E-state index contributed by atoms with van der Waals surface area (Å²) in [6, 6.07) is 7.17. The molecule has 10 heteroatoms. The highest BCUT2D eigenvalue weighted by atomic mass is 35.5. The summed E-state index contributed by atoms with van der Waals surface area (Å²) in [7, 11) is 0. The second-order valence-corrected chi connectivity index (χ2v) is 6.95. The fourth-order valence-corrected chi connectivity index (χ4v) is 3.27. The van der Waals surface area contributed by atoms with Crippen LogP contribution in [0, 0.1) is 6.92 Å². The minimum atomic E-state index is -0.447. The zero-order valence-electron chi connectivity index (χ0n) is 14.6. The summed E-state index contributed by atoms with van der Waals surface area (Å²) in [6.45, 7) is 3.66. The van der Waals surface area contributed by atoms with Gasteiger partial charge in [-0.3, -0.25) is 4.79 Å². The van der Waals surface area contributed by atoms with Gasteiger partial charge in [-0.15, -0.1) is 5.10 Å². The number of carbonyl (C=O) groups is 2. The zero-order chi connectivity index (χ0) is 19.4. The van der Waals surface area contributed by atoms with E-state index in [2.05, 4.69) is 20.6 Å². The maximum atomic E-state index is 12.2. The number of ether oxygens (including phenoxy) is 1. The van der Waals surface area contributed by atoms with Crippen molar-refractivity contribution in [3.8, 4) is 11.3 Å². The van der Waals surface area contributed by atoms with Crippen LogP contribution in [0.25, 0.3) is 11.3 Å². The van der Waals surface area contributed by atoms with Gasteiger partial charge < -0.3 is 10.1 Å². The van der Waals surface area contributed by atoms with E-state index in [1.54, 1.807) is 32.2 Å². The molecule has 0 spiro atoms. The molecule has 1 amide bonds. The van der Waals surface area contributed by atoms with E-state index in [1.807, 2.05) is 12.1 Å². The standard InChI is InChI=1S/C17H16ClN5O3S/c1-3-26-16(25)15-10(2)19-17(27-15)20-14(24)9-23-8-13(21-22-23)11-4-6-12(18)7-5-11/h4-8H,3,9H2,1-2H3,(H,19,20,24). The Morgan fingerprint density at radius 3 is 2.74 bits per heavy atom. The quantitative estimate of drug-likeness (QED) is 0.632. The normalized spacial score (nSPS) is 10.6. The molecule has 0 atom stereocenters. The predicted octanol–water partition coefficient (Wildman–Crippen LogP) is 3.18. The van der Waals surface area contributed by atoms with Crippen molar-refractivity contribution in [3.05, 3.63) is 46.1 Å². The number of anilines is 1. The lowest BCUT2D eigenvalue weighted by atomic mass is 10.2. The van der Waals surface area contributed by atoms with Crippen LogP contribution >= 0.6 is 22.9 Å². The van der Waals surface area contributed by atoms with Crippen LogP contribution in [-0.2, 0) is 16.1 Å². The molecule has 140 valence electrons. The highest BCUT2D eigenvalue weighted by Crippen LogP contribution is 2.23. The van der Waals surface area contributed by atoms with Crippen molar-refractivity contribution in [2.75, 3.05) is 11.9 Å². The second kappa shape index (κ2) is 8.28. The smallest absolute Gasteiger partial charge is 0.350 e. The number of halogens is 1. The van der Waals surface area contributed by atoms with Crippen LogP contribution in [0.4, 0.5) is 5.13 Å². The first-order chi connectivity index (χ1) is 13.0. The van der Waals surface area contributed by atoms with Crippen LogP contribution in [0.15, 0.2) is 30.5 Å². The molecule has 3 rings (SSSR count). The molecule has 0 bridgehead atoms. The molecule has 8 nitrogen and oxygen atoms in total. The number of hydrogen-bond acceptors (Lipinski definition) is 7. The monoisotopic (exact) mass is 405 g/mol. The number of nitrogens with one attached hydrogen (secondary N) is 1. The summed E-state index contributed by atoms with van der Waals surface area (Å²) in [5, 5.41) is 11.6. The second-order valence-electron chi connectivity index (χ2n) is 5.51. The molecule has 0 aliphatic heterocycles. The SMILES string of the molecule is CCOC(=O)c1sc(NC(=O)Cn2cc(-c3ccc(Cl)cc3)nn2)nc1C. The predicted molar refractivity (Wildman–Crippen MR) is 102 cm³/mol. The van der Waals surface area contributed by atoms with Gasteiger partial charge in [0.25, 0.3) is 0 Å². The third kappa shape index (κ3) is 4.69. The maximum Gasteiger partial charge on any atom is 0.350 e. The minimum absolute atomic E-state index is 0.0338. The van der Waals surface area contributed by atoms with Crippen molar-refractivity contribution in [1.29, 1.82) is 0 Å². The van der Waals surface area contributed by atoms with E-state index in [0.717, 1.165) is 16.9 Å². The average Bonchev–Trinajstić information content (AvgIpc) is 3.22. The number of thiazole rings is 1. The highest BCUT2D eigenvalue weighted by Gasteiger charge is 2.18. The lowest BCUT2D eigenvalue weighted by molar-refractivity contribution is -0.116. The van der Waals surface area contributed by atoms with Crippen molar-refractivity contribution >= 4 is 39.9 Å². The van der Waals surface area contributed by atoms with Crippen molar-refractivity contribution < 1.29 is 14.3 Å². The van der Waals surface area contributed by atoms with Crippen molar-refractivity contribution in [2.24, 2.45) is 0 Å². The Balaban J connectivity index is 1.64. The Morgan fingerprint density at radius 2 is 2.04 bits per heavy atom. The van der Waals surface area contributed by atoms with Crippen molar-refractivity contribution in [2.45, 2.75) is 20.4 Å². The Kier molecular flexibility index (Phi) is 5.82. The van der Waals surface area contributed by atoms with E-state index in [4.69, 9.17) is 16.3 Å². The number of esters is 1. The van der Waals surface area contributed by atoms with E-state index in [0.29, 0.717) is 26.4 Å². The molecule has 0 aliphatic rings. The van der Waals surface area contributed by atoms with Crippen LogP contribution < -0.4 is 5.32 Å². The summed E-state index contributed by atoms with van der Waals surface area (Å²) in [5.74, 6) is -0.774. The Bertz CT molecular complexity index is 967. The first-order valence-electron chi connectivity index (χ1n) is 8.06. The molecule has 0 radical (unpaired) electrons. The van der Waals surface area contributed by atoms with E-state index in [1.165, 1.54) is 4.68 Å². The Morgan fingerprint density at radius 1 is 1.30 bits per heavy atom. The van der Waals surface area contributed by atoms with Gasteiger partial charge in [-0.25, -0.2) is 14.5 Å². The van der Waals surface area contributed by atoms with Gasteiger partial charge in [0.2, 0.25) is 5.91 Å². The van der Waals surface area contributed by atoms with Crippen LogP contribution in [-0.4, -0.2) is 38.5 Å². The number of benzene rings is 1. The fourth-order valence-electron chi connectivity index (χ4n) is 2.27. The van der Waals surface area contributed by atoms with Crippen LogP contribution in [0.3, 0.4) is 0 Å². The van der Waals surface area contributed by atoms with Gasteiger partial charge in [-0.1, -0.05) is 40.3 Å². The number of amides is 1. The number of rotatable bonds is 6. The third-order valence-electron chi connectivity index (χ3n) is 3.49. The maximum absolute atomic E-state index is 12.2. The molecule has 0 saturated heterocycles. The van der Waals surface area contributed by atoms with Gasteiger partial charge in [0, 0.05) is 10.6 Å². The molecular weight excluding hydrogens is 390 g/mol. The van der Waals surface area contributed by atoms with Gasteiger partial charge in [-0.2, -0.15) is 0 Å². The fraction of sp³-hybridized carbons (Fsp3) is 0.235. The van der Waals surface area contributed by atoms with E-state index >= 15 is 0 Å². The number of carbonyl (C=O) groups excluding carboxylic acids is 2. The first kappa shape index (κ1) is 19.0. The number of aryl methyl sites for hydroxylation is 1. The highest BCUT2D eigenvalue weighted by molar-refractivity contribution is 7.17. The van der Waals surface area contributed by atoms with Crippen LogP contribution in [0.1, 0.15) is 22.3 Å². The Hall–Kier alpha value is -2.78. The number of nitrogens with zero attached hydrogens (tertiary/aromatic N) is 4. The summed E-state index contributed by atoms with van der Waals surface area (Å²) >= 11 is 6.95. The molecule has 3 aromatic rings. The van der Waals surface area contributed by atoms with Gasteiger partial charge in [0.05, 0.1) is 18.5 Å². The third-order valence-corrected chi connectivity index (χ3v) is 4.79. The largest absolute Gasteiger partial charge is 0.462 e. The summed E-state index contributed by atoms with van der Waals surface area (Å²) in [5.41, 5.74) is 1.99. The molecule has 27 heavy (non-hydrogen) atoms. The molecular formula is C17H16ClN5O3S.